The molecule has 0 unspecified atom stereocenters. The van der Waals surface area contributed by atoms with Crippen LogP contribution in [0.5, 0.6) is 0 Å². The van der Waals surface area contributed by atoms with Gasteiger partial charge in [0.25, 0.3) is 0 Å². The molecule has 10 nitrogen and oxygen atoms in total. The van der Waals surface area contributed by atoms with Gasteiger partial charge in [0.2, 0.25) is 5.95 Å². The van der Waals surface area contributed by atoms with Gasteiger partial charge in [-0.05, 0) is 51.7 Å². The smallest absolute Gasteiger partial charge is 0.407 e. The summed E-state index contributed by atoms with van der Waals surface area (Å²) >= 11 is 0. The number of nitrogens with zero attached hydrogens (tertiary/aromatic N) is 4. The standard InChI is InChI=1S/C15H10F2N6.C7H13NO2.C4H8O/c16-10-5-9(6-11(17)7-10)12-8-14-18-3-4-23(14)15(20-12)21-13-1-2-19-22-13;1-3-10-6(9)8-7(2)4-5-7;1-2-4-5-3-1/h1-8H,(H2,19,20,21,22);3-5H2,1-2H3,(H,8,9);1-4H2. The van der Waals surface area contributed by atoms with E-state index in [0.717, 1.165) is 32.1 Å². The minimum Gasteiger partial charge on any atom is -0.450 e. The largest absolute Gasteiger partial charge is 0.450 e. The number of fused-ring (bicyclic) bond motifs is 1. The summed E-state index contributed by atoms with van der Waals surface area (Å²) in [5, 5.41) is 12.4. The number of benzene rings is 1. The van der Waals surface area contributed by atoms with Gasteiger partial charge in [-0.15, -0.1) is 0 Å². The molecule has 4 heterocycles. The molecule has 1 saturated carbocycles. The highest BCUT2D eigenvalue weighted by atomic mass is 19.1. The van der Waals surface area contributed by atoms with Gasteiger partial charge in [-0.25, -0.2) is 23.5 Å². The molecule has 1 amide bonds. The first-order valence-electron chi connectivity index (χ1n) is 12.4. The van der Waals surface area contributed by atoms with Gasteiger partial charge in [-0.1, -0.05) is 0 Å². The Kier molecular flexibility index (Phi) is 8.85. The molecule has 38 heavy (non-hydrogen) atoms. The summed E-state index contributed by atoms with van der Waals surface area (Å²) in [6, 6.07) is 6.67. The van der Waals surface area contributed by atoms with Crippen molar-refractivity contribution in [2.45, 2.75) is 45.1 Å². The van der Waals surface area contributed by atoms with Crippen LogP contribution in [0.3, 0.4) is 0 Å². The molecule has 0 radical (unpaired) electrons. The van der Waals surface area contributed by atoms with Crippen LogP contribution in [0.25, 0.3) is 16.9 Å². The molecule has 202 valence electrons. The molecule has 1 aliphatic carbocycles. The minimum absolute atomic E-state index is 0.0479. The summed E-state index contributed by atoms with van der Waals surface area (Å²) < 4.78 is 38.3. The summed E-state index contributed by atoms with van der Waals surface area (Å²) in [5.41, 5.74) is 1.39. The van der Waals surface area contributed by atoms with Crippen LogP contribution >= 0.6 is 0 Å². The number of aromatic nitrogens is 5. The SMILES string of the molecule is C1CCOC1.CCOC(=O)NC1(C)CC1.Fc1cc(F)cc(-c2cc3nccn3c(Nc3ccn[nH]3)n2)c1. The van der Waals surface area contributed by atoms with E-state index in [1.54, 1.807) is 42.0 Å². The van der Waals surface area contributed by atoms with E-state index in [9.17, 15) is 13.6 Å². The Morgan fingerprint density at radius 2 is 1.89 bits per heavy atom. The number of amides is 1. The average Bonchev–Trinajstić information content (AvgIpc) is 3.43. The number of rotatable bonds is 5. The molecule has 2 aliphatic rings. The summed E-state index contributed by atoms with van der Waals surface area (Å²) in [4.78, 5) is 19.4. The maximum atomic E-state index is 13.5. The van der Waals surface area contributed by atoms with Crippen LogP contribution < -0.4 is 10.6 Å². The molecule has 4 aromatic rings. The fourth-order valence-electron chi connectivity index (χ4n) is 3.54. The maximum Gasteiger partial charge on any atom is 0.407 e. The van der Waals surface area contributed by atoms with Gasteiger partial charge < -0.3 is 20.1 Å². The number of hydrogen-bond acceptors (Lipinski definition) is 7. The van der Waals surface area contributed by atoms with Gasteiger partial charge in [0.15, 0.2) is 0 Å². The highest BCUT2D eigenvalue weighted by Gasteiger charge is 2.39. The summed E-state index contributed by atoms with van der Waals surface area (Å²) in [7, 11) is 0. The average molecular weight is 528 g/mol. The summed E-state index contributed by atoms with van der Waals surface area (Å²) in [6.45, 7) is 6.26. The first-order chi connectivity index (χ1) is 18.3. The monoisotopic (exact) mass is 527 g/mol. The number of hydrogen-bond donors (Lipinski definition) is 3. The van der Waals surface area contributed by atoms with E-state index in [1.807, 2.05) is 6.92 Å². The fourth-order valence-corrected chi connectivity index (χ4v) is 3.54. The van der Waals surface area contributed by atoms with E-state index in [4.69, 9.17) is 9.47 Å². The third-order valence-electron chi connectivity index (χ3n) is 5.80. The maximum absolute atomic E-state index is 13.5. The molecule has 0 atom stereocenters. The topological polar surface area (TPSA) is 118 Å². The number of imidazole rings is 1. The predicted molar refractivity (Wildman–Crippen MR) is 138 cm³/mol. The van der Waals surface area contributed by atoms with Crippen LogP contribution in [0.15, 0.2) is 48.9 Å². The van der Waals surface area contributed by atoms with Crippen molar-refractivity contribution < 1.29 is 23.0 Å². The van der Waals surface area contributed by atoms with Crippen LogP contribution in [0.2, 0.25) is 0 Å². The van der Waals surface area contributed by atoms with Crippen molar-refractivity contribution in [3.63, 3.8) is 0 Å². The number of aromatic amines is 1. The lowest BCUT2D eigenvalue weighted by Gasteiger charge is -2.09. The van der Waals surface area contributed by atoms with Crippen molar-refractivity contribution >= 4 is 23.5 Å². The fraction of sp³-hybridized carbons (Fsp3) is 0.385. The van der Waals surface area contributed by atoms with E-state index in [2.05, 4.69) is 30.8 Å². The molecule has 6 rings (SSSR count). The number of anilines is 2. The van der Waals surface area contributed by atoms with E-state index in [0.29, 0.717) is 35.3 Å². The van der Waals surface area contributed by atoms with E-state index < -0.39 is 11.6 Å². The highest BCUT2D eigenvalue weighted by Crippen LogP contribution is 2.34. The Morgan fingerprint density at radius 3 is 2.47 bits per heavy atom. The van der Waals surface area contributed by atoms with Gasteiger partial charge in [-0.2, -0.15) is 5.10 Å². The predicted octanol–water partition coefficient (Wildman–Crippen LogP) is 5.22. The number of alkyl carbamates (subject to hydrolysis) is 1. The van der Waals surface area contributed by atoms with Crippen LogP contribution in [0.4, 0.5) is 25.3 Å². The number of nitrogens with one attached hydrogen (secondary N) is 3. The molecule has 1 saturated heterocycles. The zero-order valence-corrected chi connectivity index (χ0v) is 21.3. The van der Waals surface area contributed by atoms with E-state index in [-0.39, 0.29) is 11.6 Å². The van der Waals surface area contributed by atoms with Crippen molar-refractivity contribution in [2.75, 3.05) is 25.1 Å². The molecule has 12 heteroatoms. The van der Waals surface area contributed by atoms with Crippen molar-refractivity contribution in [1.29, 1.82) is 0 Å². The Bertz CT molecular complexity index is 1310. The zero-order valence-electron chi connectivity index (χ0n) is 21.3. The second kappa shape index (κ2) is 12.5. The van der Waals surface area contributed by atoms with E-state index in [1.165, 1.54) is 25.0 Å². The molecule has 3 aromatic heterocycles. The lowest BCUT2D eigenvalue weighted by Crippen LogP contribution is -2.34. The highest BCUT2D eigenvalue weighted by molar-refractivity contribution is 5.69. The lowest BCUT2D eigenvalue weighted by atomic mass is 10.1. The molecule has 2 fully saturated rings. The van der Waals surface area contributed by atoms with Crippen molar-refractivity contribution in [1.82, 2.24) is 29.9 Å². The van der Waals surface area contributed by atoms with Crippen LogP contribution in [0, 0.1) is 11.6 Å². The van der Waals surface area contributed by atoms with E-state index >= 15 is 0 Å². The van der Waals surface area contributed by atoms with Gasteiger partial charge in [-0.3, -0.25) is 9.50 Å². The molecular formula is C26H31F2N7O3. The molecule has 1 aromatic carbocycles. The number of halogens is 2. The molecule has 0 bridgehead atoms. The van der Waals surface area contributed by atoms with Gasteiger partial charge in [0.05, 0.1) is 18.5 Å². The Morgan fingerprint density at radius 1 is 1.16 bits per heavy atom. The van der Waals surface area contributed by atoms with Crippen LogP contribution in [-0.2, 0) is 9.47 Å². The van der Waals surface area contributed by atoms with Gasteiger partial charge in [0.1, 0.15) is 23.1 Å². The quantitative estimate of drug-likeness (QED) is 0.326. The molecule has 1 aliphatic heterocycles. The normalized spacial score (nSPS) is 15.1. The third-order valence-corrected chi connectivity index (χ3v) is 5.80. The molecular weight excluding hydrogens is 496 g/mol. The molecule has 3 N–H and O–H groups in total. The van der Waals surface area contributed by atoms with Crippen LogP contribution in [-0.4, -0.2) is 56.0 Å². The zero-order chi connectivity index (χ0) is 27.0. The first-order valence-corrected chi connectivity index (χ1v) is 12.4. The molecule has 0 spiro atoms. The summed E-state index contributed by atoms with van der Waals surface area (Å²) in [6.07, 6.45) is 9.36. The van der Waals surface area contributed by atoms with Crippen molar-refractivity contribution in [3.8, 4) is 11.3 Å². The second-order valence-corrected chi connectivity index (χ2v) is 9.10. The first kappa shape index (κ1) is 27.0. The van der Waals surface area contributed by atoms with Crippen molar-refractivity contribution in [3.05, 3.63) is 60.6 Å². The Hall–Kier alpha value is -4.06. The number of ether oxygens (including phenoxy) is 2. The Labute approximate surface area is 218 Å². The van der Waals surface area contributed by atoms with Crippen molar-refractivity contribution in [2.24, 2.45) is 0 Å². The van der Waals surface area contributed by atoms with Gasteiger partial charge in [0, 0.05) is 54.9 Å². The number of carbonyl (C=O) groups is 1. The second-order valence-electron chi connectivity index (χ2n) is 9.10. The summed E-state index contributed by atoms with van der Waals surface area (Å²) in [5.74, 6) is -0.236. The minimum atomic E-state index is -0.659. The number of H-pyrrole nitrogens is 1. The van der Waals surface area contributed by atoms with Gasteiger partial charge >= 0.3 is 6.09 Å². The third kappa shape index (κ3) is 7.72. The van der Waals surface area contributed by atoms with Crippen LogP contribution in [0.1, 0.15) is 39.5 Å². The lowest BCUT2D eigenvalue weighted by molar-refractivity contribution is 0.147. The Balaban J connectivity index is 0.000000184. The number of carbonyl (C=O) groups excluding carboxylic acids is 1.